The lowest BCUT2D eigenvalue weighted by Crippen LogP contribution is -2.30. The maximum absolute atomic E-state index is 12.1. The number of rotatable bonds is 6. The number of likely N-dealkylation sites (N-methyl/N-ethyl adjacent to an activating group) is 1. The molecule has 0 saturated heterocycles. The van der Waals surface area contributed by atoms with E-state index in [4.69, 9.17) is 28.9 Å². The summed E-state index contributed by atoms with van der Waals surface area (Å²) in [6.45, 7) is 0.702. The number of nitrogens with zero attached hydrogens (tertiary/aromatic N) is 1. The summed E-state index contributed by atoms with van der Waals surface area (Å²) < 4.78 is 0. The van der Waals surface area contributed by atoms with Crippen molar-refractivity contribution < 1.29 is 9.59 Å². The van der Waals surface area contributed by atoms with E-state index in [0.717, 1.165) is 5.56 Å². The Morgan fingerprint density at radius 2 is 2.00 bits per heavy atom. The molecule has 3 N–H and O–H groups in total. The van der Waals surface area contributed by atoms with Gasteiger partial charge in [0.05, 0.1) is 22.2 Å². The van der Waals surface area contributed by atoms with Crippen LogP contribution in [0.15, 0.2) is 29.6 Å². The van der Waals surface area contributed by atoms with Gasteiger partial charge in [0, 0.05) is 6.54 Å². The number of nitrogens with one attached hydrogen (secondary N) is 1. The van der Waals surface area contributed by atoms with Crippen LogP contribution in [0.4, 0.5) is 5.00 Å². The highest BCUT2D eigenvalue weighted by atomic mass is 35.5. The Balaban J connectivity index is 1.93. The van der Waals surface area contributed by atoms with Crippen molar-refractivity contribution in [3.63, 3.8) is 0 Å². The number of hydrogen-bond donors (Lipinski definition) is 2. The summed E-state index contributed by atoms with van der Waals surface area (Å²) in [6.07, 6.45) is 0. The average molecular weight is 372 g/mol. The molecule has 1 aromatic heterocycles. The fourth-order valence-corrected chi connectivity index (χ4v) is 3.15. The zero-order valence-corrected chi connectivity index (χ0v) is 14.6. The number of anilines is 1. The Morgan fingerprint density at radius 3 is 2.65 bits per heavy atom. The molecule has 0 spiro atoms. The lowest BCUT2D eigenvalue weighted by molar-refractivity contribution is -0.117. The van der Waals surface area contributed by atoms with Gasteiger partial charge >= 0.3 is 0 Å². The van der Waals surface area contributed by atoms with Gasteiger partial charge in [-0.15, -0.1) is 11.3 Å². The maximum atomic E-state index is 12.1. The Labute approximate surface area is 148 Å². The van der Waals surface area contributed by atoms with E-state index < -0.39 is 5.91 Å². The number of amides is 2. The molecule has 8 heteroatoms. The van der Waals surface area contributed by atoms with Gasteiger partial charge in [-0.2, -0.15) is 0 Å². The van der Waals surface area contributed by atoms with Crippen LogP contribution in [0.25, 0.3) is 0 Å². The van der Waals surface area contributed by atoms with Crippen LogP contribution in [-0.2, 0) is 11.3 Å². The van der Waals surface area contributed by atoms with Crippen molar-refractivity contribution in [3.8, 4) is 0 Å². The normalized spacial score (nSPS) is 10.8. The number of carbonyl (C=O) groups excluding carboxylic acids is 2. The topological polar surface area (TPSA) is 75.4 Å². The van der Waals surface area contributed by atoms with Gasteiger partial charge in [-0.05, 0) is 36.2 Å². The van der Waals surface area contributed by atoms with Gasteiger partial charge in [-0.25, -0.2) is 0 Å². The molecule has 0 aliphatic carbocycles. The third-order valence-electron chi connectivity index (χ3n) is 3.03. The van der Waals surface area contributed by atoms with E-state index in [0.29, 0.717) is 27.2 Å². The zero-order valence-electron chi connectivity index (χ0n) is 12.3. The average Bonchev–Trinajstić information content (AvgIpc) is 2.90. The zero-order chi connectivity index (χ0) is 17.0. The predicted octanol–water partition coefficient (Wildman–Crippen LogP) is 3.22. The first-order valence-corrected chi connectivity index (χ1v) is 8.30. The van der Waals surface area contributed by atoms with Crippen molar-refractivity contribution in [2.45, 2.75) is 6.54 Å². The number of primary amides is 1. The highest BCUT2D eigenvalue weighted by Crippen LogP contribution is 2.24. The first-order valence-electron chi connectivity index (χ1n) is 6.66. The summed E-state index contributed by atoms with van der Waals surface area (Å²) in [6, 6.07) is 6.93. The lowest BCUT2D eigenvalue weighted by Gasteiger charge is -2.16. The van der Waals surface area contributed by atoms with E-state index in [1.165, 1.54) is 11.3 Å². The quantitative estimate of drug-likeness (QED) is 0.818. The highest BCUT2D eigenvalue weighted by Gasteiger charge is 2.14. The largest absolute Gasteiger partial charge is 0.366 e. The minimum absolute atomic E-state index is 0.163. The van der Waals surface area contributed by atoms with E-state index in [-0.39, 0.29) is 12.5 Å². The second-order valence-electron chi connectivity index (χ2n) is 5.00. The Morgan fingerprint density at radius 1 is 1.26 bits per heavy atom. The number of halogens is 2. The number of nitrogens with two attached hydrogens (primary N) is 1. The van der Waals surface area contributed by atoms with Gasteiger partial charge in [-0.3, -0.25) is 14.5 Å². The summed E-state index contributed by atoms with van der Waals surface area (Å²) in [7, 11) is 1.81. The van der Waals surface area contributed by atoms with Crippen LogP contribution in [0.2, 0.25) is 10.0 Å². The fraction of sp³-hybridized carbons (Fsp3) is 0.200. The van der Waals surface area contributed by atoms with Crippen LogP contribution in [-0.4, -0.2) is 30.3 Å². The lowest BCUT2D eigenvalue weighted by atomic mass is 10.2. The summed E-state index contributed by atoms with van der Waals surface area (Å²) in [4.78, 5) is 25.1. The Hall–Kier alpha value is -1.60. The van der Waals surface area contributed by atoms with Gasteiger partial charge in [0.25, 0.3) is 5.91 Å². The number of benzene rings is 1. The maximum Gasteiger partial charge on any atom is 0.251 e. The highest BCUT2D eigenvalue weighted by molar-refractivity contribution is 7.14. The molecule has 0 aliphatic rings. The summed E-state index contributed by atoms with van der Waals surface area (Å²) >= 11 is 13.1. The molecule has 0 fully saturated rings. The minimum Gasteiger partial charge on any atom is -0.366 e. The van der Waals surface area contributed by atoms with E-state index >= 15 is 0 Å². The molecule has 1 heterocycles. The first kappa shape index (κ1) is 17.7. The van der Waals surface area contributed by atoms with Crippen molar-refractivity contribution in [1.29, 1.82) is 0 Å². The monoisotopic (exact) mass is 371 g/mol. The molecule has 0 radical (unpaired) electrons. The summed E-state index contributed by atoms with van der Waals surface area (Å²) in [5, 5.41) is 5.84. The van der Waals surface area contributed by atoms with E-state index in [9.17, 15) is 9.59 Å². The van der Waals surface area contributed by atoms with Gasteiger partial charge in [-0.1, -0.05) is 29.3 Å². The van der Waals surface area contributed by atoms with Gasteiger partial charge in [0.2, 0.25) is 5.91 Å². The van der Waals surface area contributed by atoms with Crippen LogP contribution in [0.1, 0.15) is 15.9 Å². The minimum atomic E-state index is -0.564. The van der Waals surface area contributed by atoms with Crippen LogP contribution in [0, 0.1) is 0 Å². The Kier molecular flexibility index (Phi) is 6.01. The smallest absolute Gasteiger partial charge is 0.251 e. The standard InChI is InChI=1S/C15H15Cl2N3O2S/c1-20(7-9-2-3-11(16)12(17)6-9)8-13(21)19-15-10(14(18)22)4-5-23-15/h2-6H,7-8H2,1H3,(H2,18,22)(H,19,21). The fourth-order valence-electron chi connectivity index (χ4n) is 2.02. The van der Waals surface area contributed by atoms with Gasteiger partial charge in [0.1, 0.15) is 5.00 Å². The van der Waals surface area contributed by atoms with Crippen molar-refractivity contribution in [3.05, 3.63) is 50.8 Å². The molecule has 122 valence electrons. The first-order chi connectivity index (χ1) is 10.9. The summed E-state index contributed by atoms with van der Waals surface area (Å²) in [5.74, 6) is -0.789. The molecule has 2 aromatic rings. The molecule has 2 amide bonds. The molecule has 23 heavy (non-hydrogen) atoms. The molecule has 1 aromatic carbocycles. The molecular formula is C15H15Cl2N3O2S. The molecule has 0 aliphatic heterocycles. The summed E-state index contributed by atoms with van der Waals surface area (Å²) in [5.41, 5.74) is 6.51. The number of thiophene rings is 1. The van der Waals surface area contributed by atoms with Crippen LogP contribution in [0.5, 0.6) is 0 Å². The van der Waals surface area contributed by atoms with E-state index in [1.807, 2.05) is 18.0 Å². The van der Waals surface area contributed by atoms with E-state index in [2.05, 4.69) is 5.32 Å². The second-order valence-corrected chi connectivity index (χ2v) is 6.73. The SMILES string of the molecule is CN(CC(=O)Nc1sccc1C(N)=O)Cc1ccc(Cl)c(Cl)c1. The third kappa shape index (κ3) is 4.94. The Bertz CT molecular complexity index is 733. The molecular weight excluding hydrogens is 357 g/mol. The van der Waals surface area contributed by atoms with Crippen molar-refractivity contribution in [2.75, 3.05) is 18.9 Å². The molecule has 5 nitrogen and oxygen atoms in total. The molecule has 0 bridgehead atoms. The van der Waals surface area contributed by atoms with Crippen LogP contribution in [0.3, 0.4) is 0 Å². The van der Waals surface area contributed by atoms with Crippen molar-refractivity contribution >= 4 is 51.4 Å². The van der Waals surface area contributed by atoms with Crippen LogP contribution >= 0.6 is 34.5 Å². The van der Waals surface area contributed by atoms with Crippen LogP contribution < -0.4 is 11.1 Å². The van der Waals surface area contributed by atoms with Gasteiger partial charge < -0.3 is 11.1 Å². The van der Waals surface area contributed by atoms with Gasteiger partial charge in [0.15, 0.2) is 0 Å². The third-order valence-corrected chi connectivity index (χ3v) is 4.60. The molecule has 0 unspecified atom stereocenters. The van der Waals surface area contributed by atoms with E-state index in [1.54, 1.807) is 23.6 Å². The molecule has 0 saturated carbocycles. The number of carbonyl (C=O) groups is 2. The predicted molar refractivity (Wildman–Crippen MR) is 94.3 cm³/mol. The second kappa shape index (κ2) is 7.79. The van der Waals surface area contributed by atoms with Crippen molar-refractivity contribution in [1.82, 2.24) is 4.90 Å². The molecule has 2 rings (SSSR count). The molecule has 0 atom stereocenters. The van der Waals surface area contributed by atoms with Crippen molar-refractivity contribution in [2.24, 2.45) is 5.73 Å². The number of hydrogen-bond acceptors (Lipinski definition) is 4.